The predicted octanol–water partition coefficient (Wildman–Crippen LogP) is 0.693. The Morgan fingerprint density at radius 3 is 2.80 bits per heavy atom. The zero-order valence-corrected chi connectivity index (χ0v) is 8.90. The van der Waals surface area contributed by atoms with Gasteiger partial charge in [-0.1, -0.05) is 0 Å². The summed E-state index contributed by atoms with van der Waals surface area (Å²) in [5.74, 6) is 0.804. The van der Waals surface area contributed by atoms with Crippen LogP contribution in [0.1, 0.15) is 5.56 Å². The number of nitrogens with one attached hydrogen (secondary N) is 1. The van der Waals surface area contributed by atoms with E-state index >= 15 is 0 Å². The van der Waals surface area contributed by atoms with Crippen LogP contribution in [0, 0.1) is 6.92 Å². The first-order valence-electron chi connectivity index (χ1n) is 4.62. The van der Waals surface area contributed by atoms with Crippen LogP contribution >= 0.6 is 0 Å². The highest BCUT2D eigenvalue weighted by Gasteiger charge is 2.07. The standard InChI is InChI=1S/C10H12N4O/c1-6-4-7(14(2)3)13-9-8(6)10(15)12-5-11-9/h4-5H,1-3H3,(H,11,12,13,15). The van der Waals surface area contributed by atoms with Gasteiger partial charge >= 0.3 is 0 Å². The number of nitrogens with zero attached hydrogens (tertiary/aromatic N) is 3. The van der Waals surface area contributed by atoms with Crippen molar-refractivity contribution in [3.63, 3.8) is 0 Å². The maximum atomic E-state index is 11.5. The van der Waals surface area contributed by atoms with Crippen molar-refractivity contribution in [1.29, 1.82) is 0 Å². The van der Waals surface area contributed by atoms with E-state index in [1.54, 1.807) is 0 Å². The summed E-state index contributed by atoms with van der Waals surface area (Å²) >= 11 is 0. The summed E-state index contributed by atoms with van der Waals surface area (Å²) in [6.07, 6.45) is 1.37. The number of rotatable bonds is 1. The van der Waals surface area contributed by atoms with Crippen molar-refractivity contribution in [2.75, 3.05) is 19.0 Å². The topological polar surface area (TPSA) is 61.9 Å². The van der Waals surface area contributed by atoms with Crippen molar-refractivity contribution >= 4 is 16.9 Å². The molecule has 1 N–H and O–H groups in total. The molecule has 0 aromatic carbocycles. The zero-order chi connectivity index (χ0) is 11.0. The first-order chi connectivity index (χ1) is 7.09. The van der Waals surface area contributed by atoms with E-state index in [0.29, 0.717) is 11.0 Å². The molecule has 0 aliphatic rings. The molecule has 0 aliphatic carbocycles. The molecule has 5 nitrogen and oxygen atoms in total. The number of H-pyrrole nitrogens is 1. The lowest BCUT2D eigenvalue weighted by atomic mass is 10.2. The Morgan fingerprint density at radius 1 is 1.40 bits per heavy atom. The van der Waals surface area contributed by atoms with Gasteiger partial charge in [0.05, 0.1) is 11.7 Å². The molecule has 2 aromatic rings. The van der Waals surface area contributed by atoms with Crippen LogP contribution in [0.2, 0.25) is 0 Å². The number of aromatic nitrogens is 3. The molecule has 0 fully saturated rings. The van der Waals surface area contributed by atoms with E-state index in [-0.39, 0.29) is 5.56 Å². The second-order valence-corrected chi connectivity index (χ2v) is 3.62. The Balaban J connectivity index is 2.84. The molecule has 0 atom stereocenters. The quantitative estimate of drug-likeness (QED) is 0.742. The van der Waals surface area contributed by atoms with Crippen molar-refractivity contribution in [2.45, 2.75) is 6.92 Å². The van der Waals surface area contributed by atoms with Gasteiger partial charge in [0.15, 0.2) is 5.65 Å². The first-order valence-corrected chi connectivity index (χ1v) is 4.62. The lowest BCUT2D eigenvalue weighted by molar-refractivity contribution is 1.06. The highest BCUT2D eigenvalue weighted by atomic mass is 16.1. The van der Waals surface area contributed by atoms with Crippen LogP contribution in [0.3, 0.4) is 0 Å². The molecule has 0 radical (unpaired) electrons. The number of aromatic amines is 1. The molecule has 2 aromatic heterocycles. The summed E-state index contributed by atoms with van der Waals surface area (Å²) < 4.78 is 0. The van der Waals surface area contributed by atoms with Crippen LogP contribution in [0.5, 0.6) is 0 Å². The van der Waals surface area contributed by atoms with E-state index in [2.05, 4.69) is 15.0 Å². The second kappa shape index (κ2) is 3.34. The van der Waals surface area contributed by atoms with Crippen molar-refractivity contribution in [2.24, 2.45) is 0 Å². The molecular formula is C10H12N4O. The molecule has 2 rings (SSSR count). The summed E-state index contributed by atoms with van der Waals surface area (Å²) in [6, 6.07) is 1.87. The minimum atomic E-state index is -0.143. The monoisotopic (exact) mass is 204 g/mol. The maximum Gasteiger partial charge on any atom is 0.260 e. The minimum Gasteiger partial charge on any atom is -0.363 e. The molecule has 0 amide bonds. The van der Waals surface area contributed by atoms with E-state index in [1.807, 2.05) is 32.0 Å². The maximum absolute atomic E-state index is 11.5. The summed E-state index contributed by atoms with van der Waals surface area (Å²) in [7, 11) is 3.81. The third-order valence-electron chi connectivity index (χ3n) is 2.25. The SMILES string of the molecule is Cc1cc(N(C)C)nc2nc[nH]c(=O)c12. The first kappa shape index (κ1) is 9.64. The Kier molecular flexibility index (Phi) is 2.15. The van der Waals surface area contributed by atoms with Crippen LogP contribution in [0.15, 0.2) is 17.2 Å². The Hall–Kier alpha value is -1.91. The van der Waals surface area contributed by atoms with E-state index in [9.17, 15) is 4.79 Å². The van der Waals surface area contributed by atoms with Crippen molar-refractivity contribution < 1.29 is 0 Å². The van der Waals surface area contributed by atoms with Crippen molar-refractivity contribution in [3.8, 4) is 0 Å². The van der Waals surface area contributed by atoms with Gasteiger partial charge in [-0.3, -0.25) is 4.79 Å². The summed E-state index contributed by atoms with van der Waals surface area (Å²) in [6.45, 7) is 1.88. The molecule has 5 heteroatoms. The minimum absolute atomic E-state index is 0.143. The van der Waals surface area contributed by atoms with Crippen LogP contribution < -0.4 is 10.5 Å². The van der Waals surface area contributed by atoms with Crippen LogP contribution in [-0.4, -0.2) is 29.0 Å². The number of anilines is 1. The molecule has 78 valence electrons. The van der Waals surface area contributed by atoms with Crippen molar-refractivity contribution in [3.05, 3.63) is 28.3 Å². The van der Waals surface area contributed by atoms with Gasteiger partial charge in [0, 0.05) is 14.1 Å². The van der Waals surface area contributed by atoms with Crippen LogP contribution in [0.25, 0.3) is 11.0 Å². The fourth-order valence-electron chi connectivity index (χ4n) is 1.47. The Morgan fingerprint density at radius 2 is 2.13 bits per heavy atom. The van der Waals surface area contributed by atoms with Gasteiger partial charge < -0.3 is 9.88 Å². The van der Waals surface area contributed by atoms with Gasteiger partial charge in [-0.2, -0.15) is 0 Å². The Bertz CT molecular complexity index is 559. The average Bonchev–Trinajstić information content (AvgIpc) is 2.17. The summed E-state index contributed by atoms with van der Waals surface area (Å²) in [5, 5.41) is 0.558. The largest absolute Gasteiger partial charge is 0.363 e. The number of hydrogen-bond donors (Lipinski definition) is 1. The van der Waals surface area contributed by atoms with Crippen LogP contribution in [0.4, 0.5) is 5.82 Å². The van der Waals surface area contributed by atoms with Gasteiger partial charge in [0.1, 0.15) is 5.82 Å². The molecule has 0 bridgehead atoms. The second-order valence-electron chi connectivity index (χ2n) is 3.62. The molecule has 15 heavy (non-hydrogen) atoms. The number of aryl methyl sites for hydroxylation is 1. The van der Waals surface area contributed by atoms with Gasteiger partial charge in [-0.05, 0) is 18.6 Å². The highest BCUT2D eigenvalue weighted by molar-refractivity contribution is 5.79. The number of pyridine rings is 1. The molecule has 0 spiro atoms. The summed E-state index contributed by atoms with van der Waals surface area (Å²) in [4.78, 5) is 24.3. The fraction of sp³-hybridized carbons (Fsp3) is 0.300. The van der Waals surface area contributed by atoms with Gasteiger partial charge in [-0.15, -0.1) is 0 Å². The van der Waals surface area contributed by atoms with E-state index in [1.165, 1.54) is 6.33 Å². The molecule has 2 heterocycles. The summed E-state index contributed by atoms with van der Waals surface area (Å²) in [5.41, 5.74) is 1.23. The van der Waals surface area contributed by atoms with E-state index in [0.717, 1.165) is 11.4 Å². The predicted molar refractivity (Wildman–Crippen MR) is 59.2 cm³/mol. The third-order valence-corrected chi connectivity index (χ3v) is 2.25. The molecule has 0 aliphatic heterocycles. The molecular weight excluding hydrogens is 192 g/mol. The van der Waals surface area contributed by atoms with Crippen molar-refractivity contribution in [1.82, 2.24) is 15.0 Å². The van der Waals surface area contributed by atoms with E-state index in [4.69, 9.17) is 0 Å². The third kappa shape index (κ3) is 1.56. The van der Waals surface area contributed by atoms with Crippen LogP contribution in [-0.2, 0) is 0 Å². The van der Waals surface area contributed by atoms with Gasteiger partial charge in [0.2, 0.25) is 0 Å². The molecule has 0 unspecified atom stereocenters. The van der Waals surface area contributed by atoms with Gasteiger partial charge in [-0.25, -0.2) is 9.97 Å². The average molecular weight is 204 g/mol. The molecule has 0 saturated heterocycles. The smallest absolute Gasteiger partial charge is 0.260 e. The number of fused-ring (bicyclic) bond motifs is 1. The normalized spacial score (nSPS) is 10.6. The molecule has 0 saturated carbocycles. The fourth-order valence-corrected chi connectivity index (χ4v) is 1.47. The van der Waals surface area contributed by atoms with Gasteiger partial charge in [0.25, 0.3) is 5.56 Å². The van der Waals surface area contributed by atoms with E-state index < -0.39 is 0 Å². The highest BCUT2D eigenvalue weighted by Crippen LogP contribution is 2.16. The number of hydrogen-bond acceptors (Lipinski definition) is 4. The lowest BCUT2D eigenvalue weighted by Crippen LogP contribution is -2.14. The zero-order valence-electron chi connectivity index (χ0n) is 8.90. The Labute approximate surface area is 86.8 Å². The lowest BCUT2D eigenvalue weighted by Gasteiger charge is -2.12.